The summed E-state index contributed by atoms with van der Waals surface area (Å²) in [7, 11) is -3.47. The number of fused-ring (bicyclic) bond motifs is 1. The van der Waals surface area contributed by atoms with E-state index in [-0.39, 0.29) is 6.04 Å². The second-order valence-corrected chi connectivity index (χ2v) is 7.29. The molecular weight excluding hydrogens is 282 g/mol. The Labute approximate surface area is 126 Å². The Hall–Kier alpha value is -1.65. The summed E-state index contributed by atoms with van der Waals surface area (Å²) < 4.78 is 27.9. The monoisotopic (exact) mass is 301 g/mol. The highest BCUT2D eigenvalue weighted by atomic mass is 32.2. The van der Waals surface area contributed by atoms with Crippen LogP contribution in [0, 0.1) is 6.92 Å². The van der Waals surface area contributed by atoms with Crippen molar-refractivity contribution in [2.24, 2.45) is 0 Å². The van der Waals surface area contributed by atoms with Crippen LogP contribution >= 0.6 is 0 Å². The molecule has 0 radical (unpaired) electrons. The van der Waals surface area contributed by atoms with Crippen molar-refractivity contribution < 1.29 is 8.42 Å². The highest BCUT2D eigenvalue weighted by molar-refractivity contribution is 7.89. The van der Waals surface area contributed by atoms with Crippen LogP contribution in [0.1, 0.15) is 35.6 Å². The fourth-order valence-electron chi connectivity index (χ4n) is 2.85. The molecule has 3 rings (SSSR count). The van der Waals surface area contributed by atoms with Crippen LogP contribution in [0.2, 0.25) is 0 Å². The number of sulfonamides is 1. The number of benzene rings is 2. The molecule has 110 valence electrons. The van der Waals surface area contributed by atoms with Crippen LogP contribution < -0.4 is 4.72 Å². The van der Waals surface area contributed by atoms with Gasteiger partial charge in [0, 0.05) is 6.04 Å². The summed E-state index contributed by atoms with van der Waals surface area (Å²) in [4.78, 5) is 0.330. The van der Waals surface area contributed by atoms with E-state index in [2.05, 4.69) is 10.8 Å². The van der Waals surface area contributed by atoms with Crippen LogP contribution in [0.25, 0.3) is 0 Å². The molecule has 1 aliphatic carbocycles. The minimum atomic E-state index is -3.47. The third-order valence-corrected chi connectivity index (χ3v) is 5.49. The lowest BCUT2D eigenvalue weighted by molar-refractivity contribution is 0.507. The number of nitrogens with one attached hydrogen (secondary N) is 1. The molecule has 1 aliphatic rings. The van der Waals surface area contributed by atoms with Crippen molar-refractivity contribution in [2.75, 3.05) is 0 Å². The molecule has 21 heavy (non-hydrogen) atoms. The van der Waals surface area contributed by atoms with Gasteiger partial charge in [-0.15, -0.1) is 0 Å². The smallest absolute Gasteiger partial charge is 0.207 e. The molecule has 0 saturated heterocycles. The highest BCUT2D eigenvalue weighted by Gasteiger charge is 2.25. The normalized spacial score (nSPS) is 18.2. The van der Waals surface area contributed by atoms with E-state index in [0.29, 0.717) is 4.90 Å². The number of aryl methyl sites for hydroxylation is 2. The molecule has 0 fully saturated rings. The van der Waals surface area contributed by atoms with Crippen LogP contribution in [0.3, 0.4) is 0 Å². The molecule has 2 aromatic carbocycles. The van der Waals surface area contributed by atoms with Crippen molar-refractivity contribution >= 4 is 10.0 Å². The van der Waals surface area contributed by atoms with Crippen LogP contribution in [0.4, 0.5) is 0 Å². The maximum atomic E-state index is 12.5. The van der Waals surface area contributed by atoms with Crippen molar-refractivity contribution in [3.05, 3.63) is 65.2 Å². The molecule has 3 nitrogen and oxygen atoms in total. The molecule has 0 bridgehead atoms. The molecule has 0 heterocycles. The van der Waals surface area contributed by atoms with Gasteiger partial charge in [0.15, 0.2) is 0 Å². The van der Waals surface area contributed by atoms with E-state index in [4.69, 9.17) is 0 Å². The summed E-state index contributed by atoms with van der Waals surface area (Å²) >= 11 is 0. The third-order valence-electron chi connectivity index (χ3n) is 4.00. The van der Waals surface area contributed by atoms with Gasteiger partial charge >= 0.3 is 0 Å². The average Bonchev–Trinajstić information content (AvgIpc) is 2.48. The molecule has 2 aromatic rings. The second kappa shape index (κ2) is 5.62. The number of rotatable bonds is 3. The first kappa shape index (κ1) is 14.3. The van der Waals surface area contributed by atoms with Gasteiger partial charge in [0.25, 0.3) is 0 Å². The Morgan fingerprint density at radius 3 is 2.52 bits per heavy atom. The molecule has 0 amide bonds. The summed E-state index contributed by atoms with van der Waals surface area (Å²) in [5.41, 5.74) is 3.41. The fraction of sp³-hybridized carbons (Fsp3) is 0.294. The lowest BCUT2D eigenvalue weighted by Crippen LogP contribution is -2.31. The fourth-order valence-corrected chi connectivity index (χ4v) is 4.10. The van der Waals surface area contributed by atoms with E-state index in [9.17, 15) is 8.42 Å². The van der Waals surface area contributed by atoms with Gasteiger partial charge in [-0.05, 0) is 49.4 Å². The Balaban J connectivity index is 1.88. The second-order valence-electron chi connectivity index (χ2n) is 5.58. The molecular formula is C17H19NO2S. The highest BCUT2D eigenvalue weighted by Crippen LogP contribution is 2.30. The largest absolute Gasteiger partial charge is 0.241 e. The topological polar surface area (TPSA) is 46.2 Å². The third kappa shape index (κ3) is 3.01. The minimum Gasteiger partial charge on any atom is -0.207 e. The van der Waals surface area contributed by atoms with Gasteiger partial charge in [0.05, 0.1) is 4.90 Å². The van der Waals surface area contributed by atoms with E-state index in [0.717, 1.165) is 30.4 Å². The Bertz CT molecular complexity index is 736. The van der Waals surface area contributed by atoms with Gasteiger partial charge in [0.1, 0.15) is 0 Å². The molecule has 1 atom stereocenters. The zero-order valence-electron chi connectivity index (χ0n) is 12.0. The van der Waals surface area contributed by atoms with Crippen molar-refractivity contribution in [2.45, 2.75) is 37.1 Å². The maximum absolute atomic E-state index is 12.5. The van der Waals surface area contributed by atoms with E-state index in [1.54, 1.807) is 12.1 Å². The molecule has 1 N–H and O–H groups in total. The summed E-state index contributed by atoms with van der Waals surface area (Å²) in [5, 5.41) is 0. The molecule has 4 heteroatoms. The first-order valence-corrected chi connectivity index (χ1v) is 8.71. The lowest BCUT2D eigenvalue weighted by Gasteiger charge is -2.26. The van der Waals surface area contributed by atoms with Crippen LogP contribution in [-0.2, 0) is 16.4 Å². The van der Waals surface area contributed by atoms with Crippen LogP contribution in [0.15, 0.2) is 53.4 Å². The first-order valence-electron chi connectivity index (χ1n) is 7.23. The average molecular weight is 301 g/mol. The summed E-state index contributed by atoms with van der Waals surface area (Å²) in [6.45, 7) is 1.95. The van der Waals surface area contributed by atoms with Crippen molar-refractivity contribution in [1.29, 1.82) is 0 Å². The Kier molecular flexibility index (Phi) is 3.83. The predicted molar refractivity (Wildman–Crippen MR) is 83.6 cm³/mol. The Morgan fingerprint density at radius 1 is 1.05 bits per heavy atom. The zero-order valence-corrected chi connectivity index (χ0v) is 12.9. The van der Waals surface area contributed by atoms with Crippen molar-refractivity contribution in [3.8, 4) is 0 Å². The minimum absolute atomic E-state index is 0.124. The molecule has 1 unspecified atom stereocenters. The van der Waals surface area contributed by atoms with Gasteiger partial charge in [-0.1, -0.05) is 42.0 Å². The van der Waals surface area contributed by atoms with Gasteiger partial charge in [-0.2, -0.15) is 0 Å². The molecule has 0 spiro atoms. The summed E-state index contributed by atoms with van der Waals surface area (Å²) in [6, 6.07) is 14.9. The SMILES string of the molecule is Cc1ccc(S(=O)(=O)NC2CCCc3ccccc32)cc1. The molecule has 0 saturated carbocycles. The predicted octanol–water partition coefficient (Wildman–Crippen LogP) is 3.35. The van der Waals surface area contributed by atoms with E-state index in [1.807, 2.05) is 37.3 Å². The standard InChI is InChI=1S/C17H19NO2S/c1-13-9-11-15(12-10-13)21(19,20)18-17-8-4-6-14-5-2-3-7-16(14)17/h2-3,5,7,9-12,17-18H,4,6,8H2,1H3. The van der Waals surface area contributed by atoms with Gasteiger partial charge in [-0.25, -0.2) is 13.1 Å². The summed E-state index contributed by atoms with van der Waals surface area (Å²) in [5.74, 6) is 0. The Morgan fingerprint density at radius 2 is 1.76 bits per heavy atom. The van der Waals surface area contributed by atoms with E-state index >= 15 is 0 Å². The number of hydrogen-bond donors (Lipinski definition) is 1. The van der Waals surface area contributed by atoms with Gasteiger partial charge in [-0.3, -0.25) is 0 Å². The van der Waals surface area contributed by atoms with Crippen molar-refractivity contribution in [3.63, 3.8) is 0 Å². The first-order chi connectivity index (χ1) is 10.1. The molecule has 0 aromatic heterocycles. The zero-order chi connectivity index (χ0) is 14.9. The van der Waals surface area contributed by atoms with Crippen molar-refractivity contribution in [1.82, 2.24) is 4.72 Å². The van der Waals surface area contributed by atoms with Gasteiger partial charge in [0.2, 0.25) is 10.0 Å². The maximum Gasteiger partial charge on any atom is 0.241 e. The van der Waals surface area contributed by atoms with Gasteiger partial charge < -0.3 is 0 Å². The van der Waals surface area contributed by atoms with E-state index in [1.165, 1.54) is 5.56 Å². The van der Waals surface area contributed by atoms with E-state index < -0.39 is 10.0 Å². The number of hydrogen-bond acceptors (Lipinski definition) is 2. The summed E-state index contributed by atoms with van der Waals surface area (Å²) in [6.07, 6.45) is 2.89. The molecule has 0 aliphatic heterocycles. The van der Waals surface area contributed by atoms with Crippen LogP contribution in [-0.4, -0.2) is 8.42 Å². The lowest BCUT2D eigenvalue weighted by atomic mass is 9.88. The van der Waals surface area contributed by atoms with Crippen LogP contribution in [0.5, 0.6) is 0 Å². The quantitative estimate of drug-likeness (QED) is 0.945.